The Labute approximate surface area is 220 Å². The summed E-state index contributed by atoms with van der Waals surface area (Å²) in [5.41, 5.74) is 2.93. The molecule has 38 heavy (non-hydrogen) atoms. The summed E-state index contributed by atoms with van der Waals surface area (Å²) in [6.07, 6.45) is 5.44. The van der Waals surface area contributed by atoms with Crippen LogP contribution in [0.25, 0.3) is 11.3 Å². The number of hydrogen-bond acceptors (Lipinski definition) is 6. The zero-order chi connectivity index (χ0) is 26.7. The minimum absolute atomic E-state index is 0.103. The minimum atomic E-state index is -0.647. The lowest BCUT2D eigenvalue weighted by atomic mass is 9.66. The van der Waals surface area contributed by atoms with E-state index in [1.165, 1.54) is 18.2 Å². The van der Waals surface area contributed by atoms with Gasteiger partial charge in [-0.3, -0.25) is 4.68 Å². The molecule has 1 saturated carbocycles. The van der Waals surface area contributed by atoms with Crippen LogP contribution in [0.4, 0.5) is 20.3 Å². The molecule has 3 atom stereocenters. The Morgan fingerprint density at radius 3 is 2.66 bits per heavy atom. The van der Waals surface area contributed by atoms with Crippen molar-refractivity contribution in [1.82, 2.24) is 25.0 Å². The largest absolute Gasteiger partial charge is 0.396 e. The van der Waals surface area contributed by atoms with E-state index >= 15 is 0 Å². The van der Waals surface area contributed by atoms with Crippen molar-refractivity contribution in [3.8, 4) is 11.3 Å². The van der Waals surface area contributed by atoms with E-state index in [9.17, 15) is 13.9 Å². The second-order valence-corrected chi connectivity index (χ2v) is 11.1. The van der Waals surface area contributed by atoms with Gasteiger partial charge in [0, 0.05) is 19.3 Å². The van der Waals surface area contributed by atoms with Crippen molar-refractivity contribution in [2.24, 2.45) is 11.3 Å². The number of benzene rings is 1. The van der Waals surface area contributed by atoms with Gasteiger partial charge in [-0.1, -0.05) is 32.9 Å². The van der Waals surface area contributed by atoms with E-state index in [2.05, 4.69) is 34.5 Å². The number of halogens is 2. The van der Waals surface area contributed by atoms with Gasteiger partial charge in [-0.25, -0.2) is 13.8 Å². The molecule has 2 bridgehead atoms. The van der Waals surface area contributed by atoms with Crippen LogP contribution in [0.5, 0.6) is 0 Å². The van der Waals surface area contributed by atoms with Gasteiger partial charge in [-0.2, -0.15) is 10.2 Å². The third-order valence-electron chi connectivity index (χ3n) is 8.50. The Hall–Kier alpha value is -3.72. The number of nitrogens with zero attached hydrogens (tertiary/aromatic N) is 5. The lowest BCUT2D eigenvalue weighted by molar-refractivity contribution is 0.219. The van der Waals surface area contributed by atoms with Crippen LogP contribution in [-0.2, 0) is 12.0 Å². The van der Waals surface area contributed by atoms with E-state index in [1.54, 1.807) is 10.9 Å². The van der Waals surface area contributed by atoms with E-state index in [0.29, 0.717) is 12.4 Å². The van der Waals surface area contributed by atoms with E-state index in [0.717, 1.165) is 35.5 Å². The van der Waals surface area contributed by atoms with Gasteiger partial charge in [0.15, 0.2) is 0 Å². The van der Waals surface area contributed by atoms with Gasteiger partial charge in [0.25, 0.3) is 0 Å². The fourth-order valence-corrected chi connectivity index (χ4v) is 6.55. The van der Waals surface area contributed by atoms with Gasteiger partial charge in [-0.15, -0.1) is 5.10 Å². The van der Waals surface area contributed by atoms with Gasteiger partial charge in [0.2, 0.25) is 0 Å². The molecule has 3 heterocycles. The SMILES string of the molecule is C[C@@H](CO)Cn1cc(Nc2cccc([C@@]34CC[C@@H](c5cc(-c6c(F)cccc6F)nnc53)C4(C)C)n2)cn1. The fraction of sp³-hybridized carbons (Fsp3) is 0.379. The van der Waals surface area contributed by atoms with Crippen LogP contribution < -0.4 is 5.32 Å². The number of anilines is 2. The molecule has 0 spiro atoms. The number of aliphatic hydroxyl groups is 1. The van der Waals surface area contributed by atoms with Gasteiger partial charge in [-0.05, 0) is 66.0 Å². The molecule has 2 aliphatic carbocycles. The first kappa shape index (κ1) is 24.6. The van der Waals surface area contributed by atoms with Crippen molar-refractivity contribution in [2.45, 2.75) is 51.5 Å². The molecule has 1 fully saturated rings. The van der Waals surface area contributed by atoms with Crippen molar-refractivity contribution >= 4 is 11.5 Å². The molecule has 0 amide bonds. The predicted molar refractivity (Wildman–Crippen MR) is 140 cm³/mol. The fourth-order valence-electron chi connectivity index (χ4n) is 6.55. The van der Waals surface area contributed by atoms with Gasteiger partial charge in [0.1, 0.15) is 17.5 Å². The third kappa shape index (κ3) is 3.63. The molecule has 4 aromatic rings. The second kappa shape index (κ2) is 8.94. The molecule has 0 radical (unpaired) electrons. The van der Waals surface area contributed by atoms with Crippen LogP contribution in [-0.4, -0.2) is 36.7 Å². The van der Waals surface area contributed by atoms with Gasteiger partial charge < -0.3 is 10.4 Å². The summed E-state index contributed by atoms with van der Waals surface area (Å²) in [7, 11) is 0. The maximum Gasteiger partial charge on any atom is 0.135 e. The number of pyridine rings is 1. The van der Waals surface area contributed by atoms with Crippen LogP contribution in [0.1, 0.15) is 56.5 Å². The number of rotatable bonds is 7. The molecule has 7 nitrogen and oxygen atoms in total. The molecule has 6 rings (SSSR count). The van der Waals surface area contributed by atoms with Gasteiger partial charge in [0.05, 0.1) is 39.9 Å². The monoisotopic (exact) mass is 516 g/mol. The first-order valence-corrected chi connectivity index (χ1v) is 12.9. The summed E-state index contributed by atoms with van der Waals surface area (Å²) in [5.74, 6) is -0.319. The standard InChI is InChI=1S/C29H30F2N6O/c1-17(16-38)14-37-15-18(13-32-37)33-25-9-5-8-24(34-25)29-11-10-20(28(29,2)3)19-12-23(35-36-27(19)29)26-21(30)6-4-7-22(26)31/h4-9,12-13,15,17,20,38H,10-11,14,16H2,1-3H3,(H,33,34)/t17-,20+,29+/m1/s1. The molecule has 1 aromatic carbocycles. The molecule has 2 aliphatic rings. The number of hydrogen-bond donors (Lipinski definition) is 2. The molecule has 9 heteroatoms. The highest BCUT2D eigenvalue weighted by atomic mass is 19.1. The van der Waals surface area contributed by atoms with Crippen LogP contribution in [0, 0.1) is 23.0 Å². The Balaban J connectivity index is 1.37. The zero-order valence-electron chi connectivity index (χ0n) is 21.6. The lowest BCUT2D eigenvalue weighted by Gasteiger charge is -2.37. The summed E-state index contributed by atoms with van der Waals surface area (Å²) in [6.45, 7) is 7.15. The average molecular weight is 517 g/mol. The molecule has 0 aliphatic heterocycles. The van der Waals surface area contributed by atoms with Crippen molar-refractivity contribution in [3.05, 3.63) is 83.4 Å². The van der Waals surface area contributed by atoms with Crippen molar-refractivity contribution in [2.75, 3.05) is 11.9 Å². The number of aromatic nitrogens is 5. The molecule has 0 unspecified atom stereocenters. The Morgan fingerprint density at radius 1 is 1.13 bits per heavy atom. The highest BCUT2D eigenvalue weighted by molar-refractivity contribution is 5.64. The average Bonchev–Trinajstić information content (AvgIpc) is 3.50. The Morgan fingerprint density at radius 2 is 1.89 bits per heavy atom. The topological polar surface area (TPSA) is 88.8 Å². The highest BCUT2D eigenvalue weighted by Gasteiger charge is 2.65. The molecule has 3 aromatic heterocycles. The smallest absolute Gasteiger partial charge is 0.135 e. The quantitative estimate of drug-likeness (QED) is 0.333. The molecular formula is C29H30F2N6O. The normalized spacial score (nSPS) is 21.9. The number of fused-ring (bicyclic) bond motifs is 5. The van der Waals surface area contributed by atoms with Crippen LogP contribution in [0.15, 0.2) is 54.9 Å². The lowest BCUT2D eigenvalue weighted by Crippen LogP contribution is -2.37. The van der Waals surface area contributed by atoms with E-state index in [1.807, 2.05) is 37.4 Å². The summed E-state index contributed by atoms with van der Waals surface area (Å²) < 4.78 is 30.9. The minimum Gasteiger partial charge on any atom is -0.396 e. The van der Waals surface area contributed by atoms with Crippen LogP contribution in [0.3, 0.4) is 0 Å². The zero-order valence-corrected chi connectivity index (χ0v) is 21.6. The molecule has 196 valence electrons. The van der Waals surface area contributed by atoms with Crippen molar-refractivity contribution in [1.29, 1.82) is 0 Å². The van der Waals surface area contributed by atoms with Crippen molar-refractivity contribution in [3.63, 3.8) is 0 Å². The maximum atomic E-state index is 14.5. The Kier molecular flexibility index (Phi) is 5.79. The summed E-state index contributed by atoms with van der Waals surface area (Å²) in [5, 5.41) is 26.0. The Bertz CT molecular complexity index is 1500. The number of nitrogens with one attached hydrogen (secondary N) is 1. The maximum absolute atomic E-state index is 14.5. The predicted octanol–water partition coefficient (Wildman–Crippen LogP) is 5.59. The third-order valence-corrected chi connectivity index (χ3v) is 8.50. The molecule has 0 saturated heterocycles. The first-order valence-electron chi connectivity index (χ1n) is 12.9. The summed E-state index contributed by atoms with van der Waals surface area (Å²) in [6, 6.07) is 11.6. The second-order valence-electron chi connectivity index (χ2n) is 11.1. The van der Waals surface area contributed by atoms with E-state index in [4.69, 9.17) is 4.98 Å². The van der Waals surface area contributed by atoms with E-state index < -0.39 is 17.0 Å². The highest BCUT2D eigenvalue weighted by Crippen LogP contribution is 2.69. The molecule has 2 N–H and O–H groups in total. The molecular weight excluding hydrogens is 486 g/mol. The van der Waals surface area contributed by atoms with Crippen LogP contribution >= 0.6 is 0 Å². The number of aliphatic hydroxyl groups excluding tert-OH is 1. The summed E-state index contributed by atoms with van der Waals surface area (Å²) in [4.78, 5) is 5.03. The van der Waals surface area contributed by atoms with Crippen molar-refractivity contribution < 1.29 is 13.9 Å². The first-order chi connectivity index (χ1) is 18.2. The van der Waals surface area contributed by atoms with Gasteiger partial charge >= 0.3 is 0 Å². The summed E-state index contributed by atoms with van der Waals surface area (Å²) >= 11 is 0. The van der Waals surface area contributed by atoms with Crippen LogP contribution in [0.2, 0.25) is 0 Å². The van der Waals surface area contributed by atoms with E-state index in [-0.39, 0.29) is 35.1 Å².